The minimum Gasteiger partial charge on any atom is -0.481 e. The fraction of sp³-hybridized carbons (Fsp3) is 0.350. The molecule has 1 saturated heterocycles. The van der Waals surface area contributed by atoms with Gasteiger partial charge >= 0.3 is 12.0 Å². The van der Waals surface area contributed by atoms with E-state index in [2.05, 4.69) is 10.3 Å². The van der Waals surface area contributed by atoms with Gasteiger partial charge in [-0.15, -0.1) is 0 Å². The Balaban J connectivity index is 1.74. The predicted molar refractivity (Wildman–Crippen MR) is 97.6 cm³/mol. The maximum absolute atomic E-state index is 12.7. The number of amides is 2. The molecule has 1 aliphatic rings. The van der Waals surface area contributed by atoms with Gasteiger partial charge in [0, 0.05) is 31.4 Å². The molecule has 2 unspecified atom stereocenters. The summed E-state index contributed by atoms with van der Waals surface area (Å²) in [7, 11) is 0. The summed E-state index contributed by atoms with van der Waals surface area (Å²) in [5, 5.41) is 12.4. The van der Waals surface area contributed by atoms with Crippen molar-refractivity contribution in [3.8, 4) is 0 Å². The zero-order chi connectivity index (χ0) is 18.6. The second-order valence-electron chi connectivity index (χ2n) is 6.98. The fourth-order valence-corrected chi connectivity index (χ4v) is 3.21. The number of carboxylic acids is 1. The van der Waals surface area contributed by atoms with Crippen LogP contribution in [0.3, 0.4) is 0 Å². The monoisotopic (exact) mass is 353 g/mol. The third-order valence-corrected chi connectivity index (χ3v) is 4.92. The first-order chi connectivity index (χ1) is 12.5. The second-order valence-corrected chi connectivity index (χ2v) is 6.98. The SMILES string of the molecule is CC1(C(=O)O)CCN(C(=O)NC(Cc2ccccn2)c2ccccc2)C1. The molecule has 0 bridgehead atoms. The summed E-state index contributed by atoms with van der Waals surface area (Å²) in [6, 6.07) is 15.0. The van der Waals surface area contributed by atoms with Crippen molar-refractivity contribution >= 4 is 12.0 Å². The van der Waals surface area contributed by atoms with Gasteiger partial charge in [-0.05, 0) is 31.0 Å². The number of aliphatic carboxylic acids is 1. The molecule has 2 heterocycles. The lowest BCUT2D eigenvalue weighted by molar-refractivity contribution is -0.147. The largest absolute Gasteiger partial charge is 0.481 e. The number of carbonyl (C=O) groups is 2. The molecule has 1 aliphatic heterocycles. The molecule has 26 heavy (non-hydrogen) atoms. The molecular formula is C20H23N3O3. The van der Waals surface area contributed by atoms with Crippen LogP contribution in [0.25, 0.3) is 0 Å². The molecule has 1 fully saturated rings. The Morgan fingerprint density at radius 3 is 2.58 bits per heavy atom. The third-order valence-electron chi connectivity index (χ3n) is 4.92. The molecule has 0 aliphatic carbocycles. The molecule has 2 N–H and O–H groups in total. The topological polar surface area (TPSA) is 82.5 Å². The standard InChI is InChI=1S/C20H23N3O3/c1-20(18(24)25)10-12-23(14-20)19(26)22-17(15-7-3-2-4-8-15)13-16-9-5-6-11-21-16/h2-9,11,17H,10,12-14H2,1H3,(H,22,26)(H,24,25). The lowest BCUT2D eigenvalue weighted by Gasteiger charge is -2.25. The van der Waals surface area contributed by atoms with Crippen molar-refractivity contribution in [3.05, 3.63) is 66.0 Å². The van der Waals surface area contributed by atoms with E-state index >= 15 is 0 Å². The maximum atomic E-state index is 12.7. The molecule has 6 nitrogen and oxygen atoms in total. The summed E-state index contributed by atoms with van der Waals surface area (Å²) in [6.45, 7) is 2.35. The van der Waals surface area contributed by atoms with Crippen LogP contribution in [-0.2, 0) is 11.2 Å². The first kappa shape index (κ1) is 17.9. The van der Waals surface area contributed by atoms with Crippen molar-refractivity contribution in [1.29, 1.82) is 0 Å². The van der Waals surface area contributed by atoms with Crippen LogP contribution < -0.4 is 5.32 Å². The summed E-state index contributed by atoms with van der Waals surface area (Å²) >= 11 is 0. The molecule has 2 aromatic rings. The molecule has 136 valence electrons. The van der Waals surface area contributed by atoms with Crippen molar-refractivity contribution in [3.63, 3.8) is 0 Å². The summed E-state index contributed by atoms with van der Waals surface area (Å²) in [5.41, 5.74) is 1.01. The van der Waals surface area contributed by atoms with Crippen molar-refractivity contribution in [2.75, 3.05) is 13.1 Å². The van der Waals surface area contributed by atoms with Gasteiger partial charge < -0.3 is 15.3 Å². The summed E-state index contributed by atoms with van der Waals surface area (Å²) in [4.78, 5) is 30.1. The summed E-state index contributed by atoms with van der Waals surface area (Å²) < 4.78 is 0. The van der Waals surface area contributed by atoms with E-state index in [-0.39, 0.29) is 18.6 Å². The van der Waals surface area contributed by atoms with Gasteiger partial charge in [0.25, 0.3) is 0 Å². The van der Waals surface area contributed by atoms with E-state index in [4.69, 9.17) is 0 Å². The van der Waals surface area contributed by atoms with E-state index in [9.17, 15) is 14.7 Å². The van der Waals surface area contributed by atoms with E-state index < -0.39 is 11.4 Å². The highest BCUT2D eigenvalue weighted by atomic mass is 16.4. The van der Waals surface area contributed by atoms with Crippen LogP contribution in [0, 0.1) is 5.41 Å². The molecule has 2 atom stereocenters. The average molecular weight is 353 g/mol. The Hall–Kier alpha value is -2.89. The number of nitrogens with zero attached hydrogens (tertiary/aromatic N) is 2. The van der Waals surface area contributed by atoms with Gasteiger partial charge in [0.2, 0.25) is 0 Å². The summed E-state index contributed by atoms with van der Waals surface area (Å²) in [5.74, 6) is -0.860. The van der Waals surface area contributed by atoms with Crippen molar-refractivity contribution in [2.45, 2.75) is 25.8 Å². The van der Waals surface area contributed by atoms with Gasteiger partial charge in [-0.25, -0.2) is 4.79 Å². The first-order valence-electron chi connectivity index (χ1n) is 8.72. The minimum atomic E-state index is -0.874. The van der Waals surface area contributed by atoms with Crippen LogP contribution in [0.4, 0.5) is 4.79 Å². The van der Waals surface area contributed by atoms with Gasteiger partial charge in [0.15, 0.2) is 0 Å². The molecule has 1 aromatic carbocycles. The smallest absolute Gasteiger partial charge is 0.317 e. The van der Waals surface area contributed by atoms with Crippen LogP contribution in [0.15, 0.2) is 54.7 Å². The van der Waals surface area contributed by atoms with Crippen LogP contribution in [0.5, 0.6) is 0 Å². The number of aromatic nitrogens is 1. The van der Waals surface area contributed by atoms with Gasteiger partial charge in [-0.2, -0.15) is 0 Å². The number of carboxylic acid groups (broad SMARTS) is 1. The van der Waals surface area contributed by atoms with Crippen LogP contribution in [0.2, 0.25) is 0 Å². The number of rotatable bonds is 5. The summed E-state index contributed by atoms with van der Waals surface area (Å²) in [6.07, 6.45) is 2.77. The molecule has 6 heteroatoms. The third kappa shape index (κ3) is 4.02. The molecule has 0 radical (unpaired) electrons. The number of nitrogens with one attached hydrogen (secondary N) is 1. The number of urea groups is 1. The highest BCUT2D eigenvalue weighted by Crippen LogP contribution is 2.30. The maximum Gasteiger partial charge on any atom is 0.317 e. The highest BCUT2D eigenvalue weighted by Gasteiger charge is 2.42. The number of benzene rings is 1. The van der Waals surface area contributed by atoms with E-state index in [1.807, 2.05) is 48.5 Å². The van der Waals surface area contributed by atoms with Gasteiger partial charge in [-0.1, -0.05) is 36.4 Å². The number of pyridine rings is 1. The Kier molecular flexibility index (Phi) is 5.21. The highest BCUT2D eigenvalue weighted by molar-refractivity contribution is 5.79. The van der Waals surface area contributed by atoms with Crippen LogP contribution >= 0.6 is 0 Å². The molecule has 0 spiro atoms. The van der Waals surface area contributed by atoms with Gasteiger partial charge in [0.05, 0.1) is 11.5 Å². The van der Waals surface area contributed by atoms with Crippen LogP contribution in [0.1, 0.15) is 30.6 Å². The number of likely N-dealkylation sites (tertiary alicyclic amines) is 1. The zero-order valence-corrected chi connectivity index (χ0v) is 14.8. The van der Waals surface area contributed by atoms with Crippen LogP contribution in [-0.4, -0.2) is 40.1 Å². The van der Waals surface area contributed by atoms with Crippen molar-refractivity contribution < 1.29 is 14.7 Å². The van der Waals surface area contributed by atoms with Crippen molar-refractivity contribution in [1.82, 2.24) is 15.2 Å². The molecular weight excluding hydrogens is 330 g/mol. The lowest BCUT2D eigenvalue weighted by atomic mass is 9.90. The van der Waals surface area contributed by atoms with Gasteiger partial charge in [-0.3, -0.25) is 9.78 Å². The molecule has 3 rings (SSSR count). The van der Waals surface area contributed by atoms with E-state index in [1.54, 1.807) is 18.0 Å². The Labute approximate surface area is 152 Å². The normalized spacial score (nSPS) is 20.6. The fourth-order valence-electron chi connectivity index (χ4n) is 3.21. The van der Waals surface area contributed by atoms with E-state index in [0.717, 1.165) is 11.3 Å². The Bertz CT molecular complexity index is 766. The molecule has 0 saturated carbocycles. The number of hydrogen-bond donors (Lipinski definition) is 2. The predicted octanol–water partition coefficient (Wildman–Crippen LogP) is 2.87. The first-order valence-corrected chi connectivity index (χ1v) is 8.72. The quantitative estimate of drug-likeness (QED) is 0.866. The Morgan fingerprint density at radius 2 is 1.96 bits per heavy atom. The zero-order valence-electron chi connectivity index (χ0n) is 14.8. The second kappa shape index (κ2) is 7.56. The molecule has 1 aromatic heterocycles. The average Bonchev–Trinajstić information content (AvgIpc) is 3.07. The Morgan fingerprint density at radius 1 is 1.23 bits per heavy atom. The van der Waals surface area contributed by atoms with Gasteiger partial charge in [0.1, 0.15) is 0 Å². The van der Waals surface area contributed by atoms with E-state index in [1.165, 1.54) is 0 Å². The number of carbonyl (C=O) groups excluding carboxylic acids is 1. The molecule has 2 amide bonds. The number of hydrogen-bond acceptors (Lipinski definition) is 3. The van der Waals surface area contributed by atoms with E-state index in [0.29, 0.717) is 19.4 Å². The van der Waals surface area contributed by atoms with Crippen molar-refractivity contribution in [2.24, 2.45) is 5.41 Å². The lowest BCUT2D eigenvalue weighted by Crippen LogP contribution is -2.42. The minimum absolute atomic E-state index is 0.221.